The van der Waals surface area contributed by atoms with Crippen LogP contribution in [-0.4, -0.2) is 35.3 Å². The zero-order chi connectivity index (χ0) is 20.3. The van der Waals surface area contributed by atoms with E-state index in [2.05, 4.69) is 20.0 Å². The third-order valence-electron chi connectivity index (χ3n) is 4.40. The minimum atomic E-state index is -4.74. The van der Waals surface area contributed by atoms with Gasteiger partial charge in [0.05, 0.1) is 5.92 Å². The fraction of sp³-hybridized carbons (Fsp3) is 0.421. The van der Waals surface area contributed by atoms with Crippen molar-refractivity contribution in [3.63, 3.8) is 0 Å². The molecule has 6 nitrogen and oxygen atoms in total. The number of nitrogens with one attached hydrogen (secondary N) is 1. The van der Waals surface area contributed by atoms with Crippen LogP contribution in [0.2, 0.25) is 0 Å². The lowest BCUT2D eigenvalue weighted by Gasteiger charge is -2.32. The highest BCUT2D eigenvalue weighted by Crippen LogP contribution is 2.25. The maximum Gasteiger partial charge on any atom is 0.573 e. The van der Waals surface area contributed by atoms with Gasteiger partial charge in [-0.05, 0) is 57.0 Å². The number of halogens is 3. The highest BCUT2D eigenvalue weighted by molar-refractivity contribution is 5.93. The summed E-state index contributed by atoms with van der Waals surface area (Å²) in [4.78, 5) is 23.5. The molecule has 1 fully saturated rings. The second-order valence-electron chi connectivity index (χ2n) is 6.80. The molecule has 1 aromatic carbocycles. The highest BCUT2D eigenvalue weighted by Gasteiger charge is 2.31. The summed E-state index contributed by atoms with van der Waals surface area (Å²) in [6, 6.07) is 6.99. The number of aromatic nitrogens is 2. The van der Waals surface area contributed by atoms with Crippen LogP contribution in [0.4, 0.5) is 24.8 Å². The van der Waals surface area contributed by atoms with E-state index in [1.807, 2.05) is 24.8 Å². The zero-order valence-corrected chi connectivity index (χ0v) is 15.6. The molecule has 2 aromatic rings. The Labute approximate surface area is 160 Å². The Morgan fingerprint density at radius 1 is 1.18 bits per heavy atom. The minimum Gasteiger partial charge on any atom is -0.406 e. The summed E-state index contributed by atoms with van der Waals surface area (Å²) in [5.41, 5.74) is 2.16. The molecule has 0 radical (unpaired) electrons. The van der Waals surface area contributed by atoms with Gasteiger partial charge in [-0.15, -0.1) is 13.2 Å². The SMILES string of the molecule is Cc1cc(C)nc(N2CCCC(C(=O)Nc3ccc(OC(F)(F)F)cc3)C2)n1. The van der Waals surface area contributed by atoms with Crippen molar-refractivity contribution in [3.05, 3.63) is 41.7 Å². The molecule has 9 heteroatoms. The molecule has 150 valence electrons. The summed E-state index contributed by atoms with van der Waals surface area (Å²) >= 11 is 0. The quantitative estimate of drug-likeness (QED) is 0.853. The number of ether oxygens (including phenoxy) is 1. The van der Waals surface area contributed by atoms with Gasteiger partial charge < -0.3 is 15.0 Å². The van der Waals surface area contributed by atoms with Crippen molar-refractivity contribution in [2.45, 2.75) is 33.1 Å². The Balaban J connectivity index is 1.62. The van der Waals surface area contributed by atoms with Crippen LogP contribution in [-0.2, 0) is 4.79 Å². The zero-order valence-electron chi connectivity index (χ0n) is 15.6. The predicted octanol–water partition coefficient (Wildman–Crippen LogP) is 3.85. The maximum absolute atomic E-state index is 12.6. The van der Waals surface area contributed by atoms with E-state index in [0.717, 1.165) is 30.8 Å². The Morgan fingerprint density at radius 2 is 1.82 bits per heavy atom. The van der Waals surface area contributed by atoms with Crippen molar-refractivity contribution in [1.82, 2.24) is 9.97 Å². The number of alkyl halides is 3. The van der Waals surface area contributed by atoms with Crippen LogP contribution in [0.3, 0.4) is 0 Å². The lowest BCUT2D eigenvalue weighted by atomic mass is 9.97. The average molecular weight is 394 g/mol. The number of carbonyl (C=O) groups is 1. The summed E-state index contributed by atoms with van der Waals surface area (Å²) < 4.78 is 40.5. The van der Waals surface area contributed by atoms with Crippen LogP contribution in [0.5, 0.6) is 5.75 Å². The molecule has 2 heterocycles. The van der Waals surface area contributed by atoms with E-state index in [1.54, 1.807) is 0 Å². The Bertz CT molecular complexity index is 820. The Hall–Kier alpha value is -2.84. The van der Waals surface area contributed by atoms with Crippen LogP contribution < -0.4 is 15.0 Å². The number of hydrogen-bond donors (Lipinski definition) is 1. The molecule has 0 spiro atoms. The number of piperidine rings is 1. The van der Waals surface area contributed by atoms with Gasteiger partial charge in [0.15, 0.2) is 0 Å². The molecule has 0 bridgehead atoms. The number of carbonyl (C=O) groups excluding carboxylic acids is 1. The Morgan fingerprint density at radius 3 is 2.43 bits per heavy atom. The Kier molecular flexibility index (Phi) is 5.71. The van der Waals surface area contributed by atoms with Crippen molar-refractivity contribution < 1.29 is 22.7 Å². The monoisotopic (exact) mass is 394 g/mol. The normalized spacial score (nSPS) is 17.3. The molecule has 0 aliphatic carbocycles. The van der Waals surface area contributed by atoms with E-state index in [1.165, 1.54) is 24.3 Å². The van der Waals surface area contributed by atoms with E-state index in [4.69, 9.17) is 0 Å². The van der Waals surface area contributed by atoms with Crippen molar-refractivity contribution in [2.75, 3.05) is 23.3 Å². The van der Waals surface area contributed by atoms with Gasteiger partial charge in [-0.1, -0.05) is 0 Å². The number of amides is 1. The second-order valence-corrected chi connectivity index (χ2v) is 6.80. The molecule has 28 heavy (non-hydrogen) atoms. The van der Waals surface area contributed by atoms with Gasteiger partial charge in [0.25, 0.3) is 0 Å². The second kappa shape index (κ2) is 8.04. The molecule has 1 aliphatic rings. The van der Waals surface area contributed by atoms with Crippen molar-refractivity contribution in [2.24, 2.45) is 5.92 Å². The predicted molar refractivity (Wildman–Crippen MR) is 98.2 cm³/mol. The first-order valence-electron chi connectivity index (χ1n) is 8.93. The van der Waals surface area contributed by atoms with Crippen LogP contribution >= 0.6 is 0 Å². The molecule has 0 saturated carbocycles. The third-order valence-corrected chi connectivity index (χ3v) is 4.40. The highest BCUT2D eigenvalue weighted by atomic mass is 19.4. The van der Waals surface area contributed by atoms with Gasteiger partial charge in [-0.3, -0.25) is 4.79 Å². The van der Waals surface area contributed by atoms with E-state index in [9.17, 15) is 18.0 Å². The van der Waals surface area contributed by atoms with Crippen LogP contribution in [0.15, 0.2) is 30.3 Å². The fourth-order valence-corrected chi connectivity index (χ4v) is 3.21. The molecule has 1 saturated heterocycles. The molecule has 1 N–H and O–H groups in total. The van der Waals surface area contributed by atoms with E-state index < -0.39 is 6.36 Å². The van der Waals surface area contributed by atoms with Crippen molar-refractivity contribution in [3.8, 4) is 5.75 Å². The topological polar surface area (TPSA) is 67.4 Å². The fourth-order valence-electron chi connectivity index (χ4n) is 3.21. The summed E-state index contributed by atoms with van der Waals surface area (Å²) in [6.07, 6.45) is -3.19. The first-order valence-corrected chi connectivity index (χ1v) is 8.93. The standard InChI is InChI=1S/C19H21F3N4O2/c1-12-10-13(2)24-18(23-12)26-9-3-4-14(11-26)17(27)25-15-5-7-16(8-6-15)28-19(20,21)22/h5-8,10,14H,3-4,9,11H2,1-2H3,(H,25,27). The van der Waals surface area contributed by atoms with E-state index >= 15 is 0 Å². The van der Waals surface area contributed by atoms with E-state index in [-0.39, 0.29) is 17.6 Å². The molecule has 1 atom stereocenters. The summed E-state index contributed by atoms with van der Waals surface area (Å²) in [5.74, 6) is -0.159. The largest absolute Gasteiger partial charge is 0.573 e. The van der Waals surface area contributed by atoms with Gasteiger partial charge >= 0.3 is 6.36 Å². The summed E-state index contributed by atoms with van der Waals surface area (Å²) in [5, 5.41) is 2.75. The molecule has 1 amide bonds. The van der Waals surface area contributed by atoms with Crippen molar-refractivity contribution >= 4 is 17.5 Å². The summed E-state index contributed by atoms with van der Waals surface area (Å²) in [6.45, 7) is 5.07. The average Bonchev–Trinajstić information content (AvgIpc) is 2.61. The number of aryl methyl sites for hydroxylation is 2. The third kappa shape index (κ3) is 5.34. The molecule has 1 aromatic heterocycles. The molecule has 1 unspecified atom stereocenters. The van der Waals surface area contributed by atoms with Crippen LogP contribution in [0, 0.1) is 19.8 Å². The summed E-state index contributed by atoms with van der Waals surface area (Å²) in [7, 11) is 0. The van der Waals surface area contributed by atoms with Crippen LogP contribution in [0.25, 0.3) is 0 Å². The van der Waals surface area contributed by atoms with E-state index in [0.29, 0.717) is 18.2 Å². The number of benzene rings is 1. The van der Waals surface area contributed by atoms with Crippen molar-refractivity contribution in [1.29, 1.82) is 0 Å². The first kappa shape index (κ1) is 19.9. The maximum atomic E-state index is 12.6. The van der Waals surface area contributed by atoms with Gasteiger partial charge in [0.1, 0.15) is 5.75 Å². The number of rotatable bonds is 4. The lowest BCUT2D eigenvalue weighted by Crippen LogP contribution is -2.41. The van der Waals surface area contributed by atoms with Gasteiger partial charge in [-0.2, -0.15) is 0 Å². The smallest absolute Gasteiger partial charge is 0.406 e. The first-order chi connectivity index (χ1) is 13.2. The molecular formula is C19H21F3N4O2. The number of nitrogens with zero attached hydrogens (tertiary/aromatic N) is 3. The van der Waals surface area contributed by atoms with Gasteiger partial charge in [0, 0.05) is 30.2 Å². The van der Waals surface area contributed by atoms with Gasteiger partial charge in [0.2, 0.25) is 11.9 Å². The molecular weight excluding hydrogens is 373 g/mol. The van der Waals surface area contributed by atoms with Crippen LogP contribution in [0.1, 0.15) is 24.2 Å². The number of anilines is 2. The minimum absolute atomic E-state index is 0.182. The molecule has 1 aliphatic heterocycles. The number of hydrogen-bond acceptors (Lipinski definition) is 5. The lowest BCUT2D eigenvalue weighted by molar-refractivity contribution is -0.274. The van der Waals surface area contributed by atoms with Gasteiger partial charge in [-0.25, -0.2) is 9.97 Å². The molecule has 3 rings (SSSR count).